The summed E-state index contributed by atoms with van der Waals surface area (Å²) < 4.78 is 25.7. The van der Waals surface area contributed by atoms with Crippen LogP contribution >= 0.6 is 63.7 Å². The number of halogens is 4. The van der Waals surface area contributed by atoms with Crippen molar-refractivity contribution in [3.63, 3.8) is 0 Å². The van der Waals surface area contributed by atoms with E-state index in [-0.39, 0.29) is 11.5 Å². The number of esters is 1. The lowest BCUT2D eigenvalue weighted by molar-refractivity contribution is 0.0525. The van der Waals surface area contributed by atoms with E-state index >= 15 is 0 Å². The van der Waals surface area contributed by atoms with Gasteiger partial charge in [0.1, 0.15) is 24.7 Å². The number of carboxylic acid groups (broad SMARTS) is 1. The Labute approximate surface area is 406 Å². The quantitative estimate of drug-likeness (QED) is 0.116. The van der Waals surface area contributed by atoms with E-state index in [9.17, 15) is 14.7 Å². The first kappa shape index (κ1) is 46.3. The molecule has 8 aromatic rings. The third-order valence-electron chi connectivity index (χ3n) is 10.2. The minimum atomic E-state index is -0.950. The van der Waals surface area contributed by atoms with Crippen molar-refractivity contribution in [3.8, 4) is 45.4 Å². The summed E-state index contributed by atoms with van der Waals surface area (Å²) in [7, 11) is 0. The number of nitrogens with zero attached hydrogens (tertiary/aromatic N) is 2. The van der Waals surface area contributed by atoms with Gasteiger partial charge in [-0.05, 0) is 153 Å². The van der Waals surface area contributed by atoms with Crippen molar-refractivity contribution in [1.82, 2.24) is 9.13 Å². The Kier molecular flexibility index (Phi) is 15.5. The van der Waals surface area contributed by atoms with Gasteiger partial charge in [0.05, 0.1) is 29.1 Å². The van der Waals surface area contributed by atoms with Gasteiger partial charge < -0.3 is 28.5 Å². The van der Waals surface area contributed by atoms with E-state index in [1.165, 1.54) is 0 Å². The second-order valence-electron chi connectivity index (χ2n) is 14.6. The summed E-state index contributed by atoms with van der Waals surface area (Å²) in [6.45, 7) is 7.08. The van der Waals surface area contributed by atoms with Crippen molar-refractivity contribution in [2.75, 3.05) is 6.61 Å². The Morgan fingerprint density at radius 1 is 0.516 bits per heavy atom. The molecule has 64 heavy (non-hydrogen) atoms. The summed E-state index contributed by atoms with van der Waals surface area (Å²) in [6, 6.07) is 50.6. The van der Waals surface area contributed by atoms with Gasteiger partial charge in [0.15, 0.2) is 0 Å². The molecule has 0 aliphatic heterocycles. The minimum Gasteiger partial charge on any atom is -0.488 e. The SMILES string of the molecule is CCOC(=O)c1cccc(-n2c(C)ccc2-c2cc(Br)ccc2OCc2ccc(Br)cc2)c1.Cc1ccc(-c2cc(Br)ccc2OCc2ccc(Br)cc2)n1-c1cccc(C(=O)O)c1. The molecule has 0 amide bonds. The van der Waals surface area contributed by atoms with Crippen LogP contribution in [-0.4, -0.2) is 32.8 Å². The molecule has 0 bridgehead atoms. The molecule has 12 heteroatoms. The molecule has 0 saturated heterocycles. The molecule has 1 N–H and O–H groups in total. The van der Waals surface area contributed by atoms with Crippen molar-refractivity contribution in [2.45, 2.75) is 34.0 Å². The summed E-state index contributed by atoms with van der Waals surface area (Å²) in [5.74, 6) is 0.253. The van der Waals surface area contributed by atoms with Crippen molar-refractivity contribution < 1.29 is 28.9 Å². The molecule has 6 aromatic carbocycles. The van der Waals surface area contributed by atoms with Gasteiger partial charge in [-0.1, -0.05) is 100 Å². The maximum Gasteiger partial charge on any atom is 0.338 e. The molecular formula is C52H42Br4N2O6. The third-order valence-corrected chi connectivity index (χ3v) is 12.2. The van der Waals surface area contributed by atoms with E-state index in [0.717, 1.165) is 85.8 Å². The van der Waals surface area contributed by atoms with E-state index in [0.29, 0.717) is 25.4 Å². The highest BCUT2D eigenvalue weighted by Crippen LogP contribution is 2.38. The zero-order valence-corrected chi connectivity index (χ0v) is 41.4. The number of aromatic carboxylic acids is 1. The standard InChI is InChI=1S/C27H23Br2NO3.C25H19Br2NO3/c1-3-32-27(31)20-5-4-6-23(15-20)30-18(2)7-13-25(30)24-16-22(29)12-14-26(24)33-17-19-8-10-21(28)11-9-19;1-16-5-11-23(28(16)21-4-2-3-18(13-21)25(29)30)22-14-20(27)10-12-24(22)31-15-17-6-8-19(26)9-7-17/h4-16H,3,17H2,1-2H3;2-14H,15H2,1H3,(H,29,30). The van der Waals surface area contributed by atoms with Crippen molar-refractivity contribution in [1.29, 1.82) is 0 Å². The van der Waals surface area contributed by atoms with Crippen LogP contribution in [0.5, 0.6) is 11.5 Å². The minimum absolute atomic E-state index is 0.248. The molecule has 0 aliphatic rings. The normalized spacial score (nSPS) is 10.8. The summed E-state index contributed by atoms with van der Waals surface area (Å²) in [5.41, 5.74) is 10.4. The van der Waals surface area contributed by atoms with Crippen LogP contribution in [0.1, 0.15) is 50.2 Å². The summed E-state index contributed by atoms with van der Waals surface area (Å²) in [4.78, 5) is 23.7. The Morgan fingerprint density at radius 2 is 0.938 bits per heavy atom. The van der Waals surface area contributed by atoms with Crippen LogP contribution < -0.4 is 9.47 Å². The maximum absolute atomic E-state index is 12.3. The molecule has 0 saturated carbocycles. The smallest absolute Gasteiger partial charge is 0.338 e. The Bertz CT molecular complexity index is 2920. The molecule has 2 heterocycles. The monoisotopic (exact) mass is 1110 g/mol. The molecule has 0 atom stereocenters. The van der Waals surface area contributed by atoms with Crippen molar-refractivity contribution >= 4 is 75.7 Å². The van der Waals surface area contributed by atoms with Gasteiger partial charge in [0.2, 0.25) is 0 Å². The number of carboxylic acids is 1. The predicted molar refractivity (Wildman–Crippen MR) is 267 cm³/mol. The fraction of sp³-hybridized carbons (Fsp3) is 0.115. The third kappa shape index (κ3) is 11.3. The molecule has 2 aromatic heterocycles. The fourth-order valence-corrected chi connectivity index (χ4v) is 8.34. The topological polar surface area (TPSA) is 91.9 Å². The lowest BCUT2D eigenvalue weighted by atomic mass is 10.1. The zero-order chi connectivity index (χ0) is 45.3. The molecule has 0 spiro atoms. The van der Waals surface area contributed by atoms with Gasteiger partial charge in [-0.3, -0.25) is 0 Å². The van der Waals surface area contributed by atoms with E-state index in [1.54, 1.807) is 31.2 Å². The fourth-order valence-electron chi connectivity index (χ4n) is 7.09. The number of carbonyl (C=O) groups excluding carboxylic acids is 1. The number of hydrogen-bond acceptors (Lipinski definition) is 5. The first-order valence-electron chi connectivity index (χ1n) is 20.2. The zero-order valence-electron chi connectivity index (χ0n) is 35.0. The van der Waals surface area contributed by atoms with Gasteiger partial charge in [-0.2, -0.15) is 0 Å². The van der Waals surface area contributed by atoms with Crippen LogP contribution in [0.4, 0.5) is 0 Å². The maximum atomic E-state index is 12.3. The summed E-state index contributed by atoms with van der Waals surface area (Å²) in [6.07, 6.45) is 0. The summed E-state index contributed by atoms with van der Waals surface area (Å²) >= 11 is 14.1. The van der Waals surface area contributed by atoms with Gasteiger partial charge in [0.25, 0.3) is 0 Å². The Hall–Kier alpha value is -5.66. The molecule has 324 valence electrons. The average Bonchev–Trinajstić information content (AvgIpc) is 3.88. The molecule has 0 fully saturated rings. The summed E-state index contributed by atoms with van der Waals surface area (Å²) in [5, 5.41) is 9.40. The Morgan fingerprint density at radius 3 is 1.38 bits per heavy atom. The van der Waals surface area contributed by atoms with Crippen LogP contribution in [-0.2, 0) is 18.0 Å². The first-order chi connectivity index (χ1) is 30.9. The number of hydrogen-bond donors (Lipinski definition) is 1. The number of aromatic nitrogens is 2. The van der Waals surface area contributed by atoms with E-state index in [2.05, 4.69) is 86.5 Å². The van der Waals surface area contributed by atoms with Crippen LogP contribution in [0, 0.1) is 13.8 Å². The van der Waals surface area contributed by atoms with Crippen LogP contribution in [0.25, 0.3) is 33.9 Å². The van der Waals surface area contributed by atoms with Crippen molar-refractivity contribution in [3.05, 3.63) is 209 Å². The second-order valence-corrected chi connectivity index (χ2v) is 18.3. The molecule has 0 aliphatic carbocycles. The lowest BCUT2D eigenvalue weighted by Gasteiger charge is -2.17. The predicted octanol–water partition coefficient (Wildman–Crippen LogP) is 15.0. The number of ether oxygens (including phenoxy) is 3. The van der Waals surface area contributed by atoms with E-state index < -0.39 is 5.97 Å². The molecule has 0 radical (unpaired) electrons. The molecule has 8 nitrogen and oxygen atoms in total. The van der Waals surface area contributed by atoms with Gasteiger partial charge in [-0.25, -0.2) is 9.59 Å². The van der Waals surface area contributed by atoms with Crippen LogP contribution in [0.3, 0.4) is 0 Å². The molecular weight excluding hydrogens is 1070 g/mol. The number of carbonyl (C=O) groups is 2. The Balaban J connectivity index is 0.000000192. The van der Waals surface area contributed by atoms with Gasteiger partial charge in [-0.15, -0.1) is 0 Å². The lowest BCUT2D eigenvalue weighted by Crippen LogP contribution is -2.07. The van der Waals surface area contributed by atoms with E-state index in [4.69, 9.17) is 14.2 Å². The molecule has 8 rings (SSSR count). The largest absolute Gasteiger partial charge is 0.488 e. The molecule has 0 unspecified atom stereocenters. The number of rotatable bonds is 13. The average molecular weight is 1110 g/mol. The van der Waals surface area contributed by atoms with E-state index in [1.807, 2.05) is 134 Å². The van der Waals surface area contributed by atoms with Crippen molar-refractivity contribution in [2.24, 2.45) is 0 Å². The van der Waals surface area contributed by atoms with Crippen LogP contribution in [0.2, 0.25) is 0 Å². The highest BCUT2D eigenvalue weighted by molar-refractivity contribution is 9.11. The van der Waals surface area contributed by atoms with Crippen LogP contribution in [0.15, 0.2) is 176 Å². The van der Waals surface area contributed by atoms with Gasteiger partial charge in [0, 0.05) is 51.8 Å². The highest BCUT2D eigenvalue weighted by Gasteiger charge is 2.18. The van der Waals surface area contributed by atoms with Gasteiger partial charge >= 0.3 is 11.9 Å². The number of benzene rings is 6. The number of aryl methyl sites for hydroxylation is 2. The second kappa shape index (κ2) is 21.3. The highest BCUT2D eigenvalue weighted by atomic mass is 79.9. The first-order valence-corrected chi connectivity index (χ1v) is 23.4.